The Morgan fingerprint density at radius 2 is 2.09 bits per heavy atom. The third-order valence-electron chi connectivity index (χ3n) is 8.14. The molecule has 35 heavy (non-hydrogen) atoms. The second kappa shape index (κ2) is 10.3. The van der Waals surface area contributed by atoms with Crippen molar-refractivity contribution in [1.82, 2.24) is 16.0 Å². The number of ether oxygens (including phenoxy) is 1. The summed E-state index contributed by atoms with van der Waals surface area (Å²) in [5.74, 6) is 1.39. The second-order valence-electron chi connectivity index (χ2n) is 10.2. The minimum atomic E-state index is -0.334. The van der Waals surface area contributed by atoms with Crippen molar-refractivity contribution >= 4 is 17.6 Å². The van der Waals surface area contributed by atoms with E-state index in [2.05, 4.69) is 28.1 Å². The summed E-state index contributed by atoms with van der Waals surface area (Å²) in [6.07, 6.45) is 11.9. The van der Waals surface area contributed by atoms with Crippen LogP contribution in [0.25, 0.3) is 5.57 Å². The maximum absolute atomic E-state index is 13.6. The molecule has 0 spiro atoms. The van der Waals surface area contributed by atoms with Crippen LogP contribution in [0, 0.1) is 35.4 Å². The first kappa shape index (κ1) is 23.6. The van der Waals surface area contributed by atoms with Crippen LogP contribution in [0.4, 0.5) is 9.18 Å². The molecule has 0 radical (unpaired) electrons. The summed E-state index contributed by atoms with van der Waals surface area (Å²) in [7, 11) is 0. The van der Waals surface area contributed by atoms with Crippen molar-refractivity contribution in [2.75, 3.05) is 19.7 Å². The van der Waals surface area contributed by atoms with Gasteiger partial charge in [0.05, 0.1) is 6.61 Å². The second-order valence-corrected chi connectivity index (χ2v) is 10.2. The topological polar surface area (TPSA) is 79.5 Å². The molecule has 6 nitrogen and oxygen atoms in total. The number of carbonyl (C=O) groups is 2. The molecule has 1 aromatic carbocycles. The molecule has 0 bridgehead atoms. The molecule has 2 saturated carbocycles. The Kier molecular flexibility index (Phi) is 6.93. The molecular formula is C28H34FN3O3. The summed E-state index contributed by atoms with van der Waals surface area (Å²) in [5.41, 5.74) is 2.92. The average molecular weight is 480 g/mol. The van der Waals surface area contributed by atoms with Crippen LogP contribution in [0.15, 0.2) is 54.3 Å². The zero-order chi connectivity index (χ0) is 24.4. The molecule has 5 rings (SSSR count). The lowest BCUT2D eigenvalue weighted by Crippen LogP contribution is -2.48. The highest BCUT2D eigenvalue weighted by atomic mass is 19.1. The van der Waals surface area contributed by atoms with Crippen molar-refractivity contribution in [2.45, 2.75) is 38.6 Å². The lowest BCUT2D eigenvalue weighted by molar-refractivity contribution is -0.126. The number of amides is 2. The van der Waals surface area contributed by atoms with Gasteiger partial charge in [-0.1, -0.05) is 24.3 Å². The monoisotopic (exact) mass is 479 g/mol. The van der Waals surface area contributed by atoms with E-state index in [-0.39, 0.29) is 35.7 Å². The Labute approximate surface area is 206 Å². The number of rotatable bonds is 5. The third-order valence-corrected chi connectivity index (χ3v) is 8.14. The van der Waals surface area contributed by atoms with Crippen molar-refractivity contribution in [1.29, 1.82) is 0 Å². The van der Waals surface area contributed by atoms with Crippen LogP contribution in [0.2, 0.25) is 0 Å². The summed E-state index contributed by atoms with van der Waals surface area (Å²) < 4.78 is 18.7. The van der Waals surface area contributed by atoms with Crippen LogP contribution < -0.4 is 16.0 Å². The molecule has 1 aromatic rings. The number of dihydropyridines is 1. The number of benzene rings is 1. The van der Waals surface area contributed by atoms with E-state index in [1.807, 2.05) is 25.1 Å². The van der Waals surface area contributed by atoms with Crippen molar-refractivity contribution in [2.24, 2.45) is 29.6 Å². The Morgan fingerprint density at radius 1 is 1.20 bits per heavy atom. The van der Waals surface area contributed by atoms with Gasteiger partial charge in [0.25, 0.3) is 0 Å². The molecule has 4 aliphatic rings. The van der Waals surface area contributed by atoms with Gasteiger partial charge in [-0.05, 0) is 91.7 Å². The molecule has 3 fully saturated rings. The van der Waals surface area contributed by atoms with E-state index in [0.717, 1.165) is 49.1 Å². The highest BCUT2D eigenvalue weighted by molar-refractivity contribution is 5.82. The van der Waals surface area contributed by atoms with Gasteiger partial charge in [-0.3, -0.25) is 4.79 Å². The molecule has 7 heteroatoms. The first-order valence-electron chi connectivity index (χ1n) is 12.8. The molecule has 0 aromatic heterocycles. The van der Waals surface area contributed by atoms with Gasteiger partial charge in [0, 0.05) is 30.7 Å². The predicted molar refractivity (Wildman–Crippen MR) is 132 cm³/mol. The first-order chi connectivity index (χ1) is 17.0. The molecule has 3 N–H and O–H groups in total. The van der Waals surface area contributed by atoms with Crippen molar-refractivity contribution in [3.8, 4) is 0 Å². The lowest BCUT2D eigenvalue weighted by Gasteiger charge is -2.47. The summed E-state index contributed by atoms with van der Waals surface area (Å²) in [5, 5.41) is 9.56. The normalized spacial score (nSPS) is 32.0. The zero-order valence-electron chi connectivity index (χ0n) is 20.1. The molecule has 2 aliphatic heterocycles. The maximum Gasteiger partial charge on any atom is 0.407 e. The van der Waals surface area contributed by atoms with E-state index in [1.165, 1.54) is 6.07 Å². The molecule has 2 aliphatic carbocycles. The van der Waals surface area contributed by atoms with Gasteiger partial charge in [0.15, 0.2) is 0 Å². The van der Waals surface area contributed by atoms with E-state index in [9.17, 15) is 14.0 Å². The minimum absolute atomic E-state index is 0.0182. The fraction of sp³-hybridized carbons (Fsp3) is 0.500. The largest absolute Gasteiger partial charge is 0.450 e. The highest BCUT2D eigenvalue weighted by Crippen LogP contribution is 2.50. The number of allylic oxidation sites excluding steroid dienone is 4. The maximum atomic E-state index is 13.6. The zero-order valence-corrected chi connectivity index (χ0v) is 20.1. The molecule has 2 amide bonds. The van der Waals surface area contributed by atoms with Gasteiger partial charge in [-0.25, -0.2) is 9.18 Å². The van der Waals surface area contributed by atoms with Gasteiger partial charge in [-0.2, -0.15) is 0 Å². The number of alkyl carbamates (subject to hydrolysis) is 1. The van der Waals surface area contributed by atoms with Crippen LogP contribution in [0.1, 0.15) is 38.2 Å². The van der Waals surface area contributed by atoms with E-state index < -0.39 is 0 Å². The molecule has 186 valence electrons. The van der Waals surface area contributed by atoms with Crippen LogP contribution in [0.3, 0.4) is 0 Å². The standard InChI is InChI=1S/C28H34FN3O3/c1-2-35-28(34)32-23-9-10-24-19(14-23)12-20-16-31-27(33)26(20)25(24)11-8-22-7-6-18(15-30-22)17-4-3-5-21(29)13-17/h3-8,11,13,19-20,23-26,30H,2,9-10,12,14-16H2,1H3,(H,31,33)(H,32,34)/b11-8+/t19-,20-,23-,24-,25+,26+/m1/s1. The van der Waals surface area contributed by atoms with Crippen LogP contribution in [-0.2, 0) is 9.53 Å². The highest BCUT2D eigenvalue weighted by Gasteiger charge is 2.50. The predicted octanol–water partition coefficient (Wildman–Crippen LogP) is 4.17. The SMILES string of the molecule is CCOC(=O)N[C@@H]1CC[C@@H]2[C@@H](C1)C[C@@H]1CNC(=O)[C@@H]1[C@H]2/C=C/C1=CC=C(c2cccc(F)c2)CN1. The van der Waals surface area contributed by atoms with Crippen molar-refractivity contribution in [3.05, 3.63) is 65.6 Å². The Hall–Kier alpha value is -3.09. The van der Waals surface area contributed by atoms with E-state index in [4.69, 9.17) is 4.74 Å². The molecule has 0 unspecified atom stereocenters. The first-order valence-corrected chi connectivity index (χ1v) is 12.8. The Bertz CT molecular complexity index is 1070. The quantitative estimate of drug-likeness (QED) is 0.592. The summed E-state index contributed by atoms with van der Waals surface area (Å²) in [6, 6.07) is 6.78. The van der Waals surface area contributed by atoms with Gasteiger partial charge in [-0.15, -0.1) is 0 Å². The van der Waals surface area contributed by atoms with E-state index in [0.29, 0.717) is 30.9 Å². The van der Waals surface area contributed by atoms with Crippen molar-refractivity contribution < 1.29 is 18.7 Å². The Balaban J connectivity index is 1.30. The van der Waals surface area contributed by atoms with Gasteiger partial charge in [0.1, 0.15) is 5.82 Å². The van der Waals surface area contributed by atoms with Crippen LogP contribution in [0.5, 0.6) is 0 Å². The summed E-state index contributed by atoms with van der Waals surface area (Å²) >= 11 is 0. The summed E-state index contributed by atoms with van der Waals surface area (Å²) in [4.78, 5) is 24.7. The van der Waals surface area contributed by atoms with Crippen molar-refractivity contribution in [3.63, 3.8) is 0 Å². The number of nitrogens with one attached hydrogen (secondary N) is 3. The number of hydrogen-bond acceptors (Lipinski definition) is 4. The number of carbonyl (C=O) groups excluding carboxylic acids is 2. The Morgan fingerprint density at radius 3 is 2.86 bits per heavy atom. The van der Waals surface area contributed by atoms with E-state index >= 15 is 0 Å². The average Bonchev–Trinajstić information content (AvgIpc) is 3.22. The number of hydrogen-bond donors (Lipinski definition) is 3. The van der Waals surface area contributed by atoms with E-state index in [1.54, 1.807) is 12.1 Å². The number of fused-ring (bicyclic) bond motifs is 2. The molecular weight excluding hydrogens is 445 g/mol. The van der Waals surface area contributed by atoms with Gasteiger partial charge < -0.3 is 20.7 Å². The smallest absolute Gasteiger partial charge is 0.407 e. The number of halogens is 1. The fourth-order valence-corrected chi connectivity index (χ4v) is 6.58. The third kappa shape index (κ3) is 5.14. The van der Waals surface area contributed by atoms with Crippen LogP contribution in [-0.4, -0.2) is 37.7 Å². The van der Waals surface area contributed by atoms with Gasteiger partial charge >= 0.3 is 6.09 Å². The fourth-order valence-electron chi connectivity index (χ4n) is 6.58. The molecule has 1 saturated heterocycles. The van der Waals surface area contributed by atoms with Crippen LogP contribution >= 0.6 is 0 Å². The minimum Gasteiger partial charge on any atom is -0.450 e. The molecule has 6 atom stereocenters. The van der Waals surface area contributed by atoms with Gasteiger partial charge in [0.2, 0.25) is 5.91 Å². The molecule has 2 heterocycles. The lowest BCUT2D eigenvalue weighted by atomic mass is 9.58. The summed E-state index contributed by atoms with van der Waals surface area (Å²) in [6.45, 7) is 3.56.